The number of hydrogen-bond donors (Lipinski definition) is 2. The normalized spacial score (nSPS) is 16.5. The zero-order chi connectivity index (χ0) is 29.0. The topological polar surface area (TPSA) is 87.5 Å². The van der Waals surface area contributed by atoms with Crippen LogP contribution in [0.2, 0.25) is 0 Å². The molecule has 9 heteroatoms. The molecule has 1 saturated heterocycles. The van der Waals surface area contributed by atoms with Crippen molar-refractivity contribution in [3.8, 4) is 11.1 Å². The lowest BCUT2D eigenvalue weighted by Crippen LogP contribution is -2.55. The molecular formula is C31H38F2N4O3. The number of carboxylic acid groups (broad SMARTS) is 1. The highest BCUT2D eigenvalue weighted by Crippen LogP contribution is 2.30. The van der Waals surface area contributed by atoms with E-state index in [0.29, 0.717) is 19.5 Å². The highest BCUT2D eigenvalue weighted by molar-refractivity contribution is 5.71. The van der Waals surface area contributed by atoms with E-state index in [2.05, 4.69) is 24.1 Å². The van der Waals surface area contributed by atoms with Gasteiger partial charge in [0, 0.05) is 55.4 Å². The number of carboxylic acids is 1. The Bertz CT molecular complexity index is 1380. The average Bonchev–Trinajstić information content (AvgIpc) is 2.85. The number of aromatic nitrogens is 2. The minimum absolute atomic E-state index is 0.148. The molecule has 1 unspecified atom stereocenters. The molecule has 0 radical (unpaired) electrons. The maximum absolute atomic E-state index is 13.3. The fourth-order valence-electron chi connectivity index (χ4n) is 5.56. The summed E-state index contributed by atoms with van der Waals surface area (Å²) in [7, 11) is 0. The van der Waals surface area contributed by atoms with Gasteiger partial charge in [-0.15, -0.1) is 0 Å². The lowest BCUT2D eigenvalue weighted by Gasteiger charge is -2.38. The number of hydrogen-bond acceptors (Lipinski definition) is 5. The Hall–Kier alpha value is -3.43. The molecule has 1 aliphatic rings. The lowest BCUT2D eigenvalue weighted by molar-refractivity contribution is -0.137. The zero-order valence-corrected chi connectivity index (χ0v) is 23.5. The number of carbonyl (C=O) groups is 1. The molecule has 0 aliphatic carbocycles. The summed E-state index contributed by atoms with van der Waals surface area (Å²) in [5.74, 6) is -3.33. The Morgan fingerprint density at radius 3 is 2.45 bits per heavy atom. The molecule has 0 amide bonds. The highest BCUT2D eigenvalue weighted by atomic mass is 19.3. The minimum atomic E-state index is -2.65. The van der Waals surface area contributed by atoms with Gasteiger partial charge in [-0.05, 0) is 60.1 Å². The summed E-state index contributed by atoms with van der Waals surface area (Å²) in [5.41, 5.74) is 5.58. The SMILES string of the molecule is Cc1cccc(C)c1-c1cncc([C@H](CC(=O)O)NCC(CC(C)C)n2cc(CN3CC(F)(F)C3)ccc2=O)c1. The molecule has 214 valence electrons. The maximum Gasteiger partial charge on any atom is 0.305 e. The molecule has 1 aromatic carbocycles. The second-order valence-electron chi connectivity index (χ2n) is 11.4. The van der Waals surface area contributed by atoms with Crippen molar-refractivity contribution in [1.82, 2.24) is 19.8 Å². The zero-order valence-electron chi connectivity index (χ0n) is 23.5. The number of likely N-dealkylation sites (tertiary alicyclic amines) is 1. The summed E-state index contributed by atoms with van der Waals surface area (Å²) in [5, 5.41) is 13.1. The first-order chi connectivity index (χ1) is 18.9. The third-order valence-corrected chi connectivity index (χ3v) is 7.36. The van der Waals surface area contributed by atoms with Crippen molar-refractivity contribution in [2.24, 2.45) is 5.92 Å². The summed E-state index contributed by atoms with van der Waals surface area (Å²) in [6, 6.07) is 10.5. The molecule has 3 aromatic rings. The van der Waals surface area contributed by atoms with Crippen LogP contribution >= 0.6 is 0 Å². The molecule has 2 aromatic heterocycles. The van der Waals surface area contributed by atoms with Gasteiger partial charge in [0.2, 0.25) is 0 Å². The molecule has 1 fully saturated rings. The van der Waals surface area contributed by atoms with Crippen molar-refractivity contribution in [2.75, 3.05) is 19.6 Å². The monoisotopic (exact) mass is 552 g/mol. The van der Waals surface area contributed by atoms with E-state index in [-0.39, 0.29) is 37.0 Å². The molecule has 4 rings (SSSR count). The highest BCUT2D eigenvalue weighted by Gasteiger charge is 2.43. The third kappa shape index (κ3) is 7.40. The van der Waals surface area contributed by atoms with Gasteiger partial charge in [-0.1, -0.05) is 38.1 Å². The molecule has 40 heavy (non-hydrogen) atoms. The largest absolute Gasteiger partial charge is 0.481 e. The predicted octanol–water partition coefficient (Wildman–Crippen LogP) is 5.37. The van der Waals surface area contributed by atoms with Gasteiger partial charge < -0.3 is 15.0 Å². The number of aryl methyl sites for hydroxylation is 2. The van der Waals surface area contributed by atoms with E-state index in [0.717, 1.165) is 33.4 Å². The molecule has 2 atom stereocenters. The molecule has 0 bridgehead atoms. The van der Waals surface area contributed by atoms with Crippen molar-refractivity contribution < 1.29 is 18.7 Å². The summed E-state index contributed by atoms with van der Waals surface area (Å²) in [4.78, 5) is 30.9. The predicted molar refractivity (Wildman–Crippen MR) is 152 cm³/mol. The quantitative estimate of drug-likeness (QED) is 0.314. The van der Waals surface area contributed by atoms with Crippen molar-refractivity contribution in [2.45, 2.75) is 65.1 Å². The number of benzene rings is 1. The van der Waals surface area contributed by atoms with Gasteiger partial charge in [-0.25, -0.2) is 8.78 Å². The van der Waals surface area contributed by atoms with Crippen LogP contribution in [0.3, 0.4) is 0 Å². The van der Waals surface area contributed by atoms with E-state index in [1.807, 2.05) is 38.1 Å². The van der Waals surface area contributed by atoms with Crippen LogP contribution in [0.4, 0.5) is 8.78 Å². The fourth-order valence-corrected chi connectivity index (χ4v) is 5.56. The van der Waals surface area contributed by atoms with Crippen molar-refractivity contribution in [3.63, 3.8) is 0 Å². The first-order valence-corrected chi connectivity index (χ1v) is 13.7. The summed E-state index contributed by atoms with van der Waals surface area (Å²) >= 11 is 0. The number of halogens is 2. The van der Waals surface area contributed by atoms with Gasteiger partial charge in [0.25, 0.3) is 11.5 Å². The molecule has 3 heterocycles. The third-order valence-electron chi connectivity index (χ3n) is 7.36. The number of nitrogens with zero attached hydrogens (tertiary/aromatic N) is 3. The second-order valence-corrected chi connectivity index (χ2v) is 11.4. The van der Waals surface area contributed by atoms with Gasteiger partial charge in [0.1, 0.15) is 0 Å². The van der Waals surface area contributed by atoms with E-state index in [1.54, 1.807) is 34.1 Å². The van der Waals surface area contributed by atoms with Crippen LogP contribution in [0.5, 0.6) is 0 Å². The van der Waals surface area contributed by atoms with Gasteiger partial charge in [-0.2, -0.15) is 0 Å². The van der Waals surface area contributed by atoms with Gasteiger partial charge in [-0.3, -0.25) is 19.5 Å². The van der Waals surface area contributed by atoms with Gasteiger partial charge in [0.05, 0.1) is 19.5 Å². The van der Waals surface area contributed by atoms with Crippen LogP contribution in [0.25, 0.3) is 11.1 Å². The lowest BCUT2D eigenvalue weighted by atomic mass is 9.94. The Balaban J connectivity index is 1.58. The Morgan fingerprint density at radius 2 is 1.82 bits per heavy atom. The average molecular weight is 553 g/mol. The van der Waals surface area contributed by atoms with Crippen molar-refractivity contribution in [3.05, 3.63) is 87.6 Å². The molecule has 2 N–H and O–H groups in total. The van der Waals surface area contributed by atoms with Crippen LogP contribution in [-0.2, 0) is 11.3 Å². The maximum atomic E-state index is 13.3. The fraction of sp³-hybridized carbons (Fsp3) is 0.452. The van der Waals surface area contributed by atoms with E-state index in [9.17, 15) is 23.5 Å². The Labute approximate surface area is 233 Å². The van der Waals surface area contributed by atoms with Gasteiger partial charge >= 0.3 is 5.97 Å². The number of aliphatic carboxylic acids is 1. The van der Waals surface area contributed by atoms with E-state index < -0.39 is 17.9 Å². The van der Waals surface area contributed by atoms with Crippen LogP contribution in [0.1, 0.15) is 61.0 Å². The van der Waals surface area contributed by atoms with E-state index >= 15 is 0 Å². The first-order valence-electron chi connectivity index (χ1n) is 13.7. The number of nitrogens with one attached hydrogen (secondary N) is 1. The van der Waals surface area contributed by atoms with Crippen LogP contribution in [-0.4, -0.2) is 51.1 Å². The Morgan fingerprint density at radius 1 is 1.12 bits per heavy atom. The van der Waals surface area contributed by atoms with Crippen LogP contribution in [0.15, 0.2) is 59.8 Å². The van der Waals surface area contributed by atoms with Crippen molar-refractivity contribution >= 4 is 5.97 Å². The molecular weight excluding hydrogens is 514 g/mol. The second kappa shape index (κ2) is 12.4. The van der Waals surface area contributed by atoms with Crippen LogP contribution < -0.4 is 10.9 Å². The number of alkyl halides is 2. The van der Waals surface area contributed by atoms with Gasteiger partial charge in [0.15, 0.2) is 0 Å². The standard InChI is InChI=1S/C31H38F2N4O3/c1-20(2)10-26(37-17-23(8-9-28(37)38)16-36-18-31(32,33)19-36)15-35-27(12-29(39)40)24-11-25(14-34-13-24)30-21(3)6-5-7-22(30)4/h5-9,11,13-14,17,20,26-27,35H,10,12,15-16,18-19H2,1-4H3,(H,39,40)/t26?,27-/m0/s1. The molecule has 0 saturated carbocycles. The summed E-state index contributed by atoms with van der Waals surface area (Å²) in [6.07, 6.45) is 5.76. The molecule has 7 nitrogen and oxygen atoms in total. The number of rotatable bonds is 12. The summed E-state index contributed by atoms with van der Waals surface area (Å²) < 4.78 is 28.3. The van der Waals surface area contributed by atoms with E-state index in [1.165, 1.54) is 6.07 Å². The first kappa shape index (κ1) is 29.6. The number of pyridine rings is 2. The smallest absolute Gasteiger partial charge is 0.305 e. The van der Waals surface area contributed by atoms with Crippen molar-refractivity contribution in [1.29, 1.82) is 0 Å². The van der Waals surface area contributed by atoms with Crippen LogP contribution in [0, 0.1) is 19.8 Å². The van der Waals surface area contributed by atoms with E-state index in [4.69, 9.17) is 0 Å². The summed E-state index contributed by atoms with van der Waals surface area (Å²) in [6.45, 7) is 8.35. The Kier molecular flexibility index (Phi) is 9.15. The molecule has 0 spiro atoms. The molecule has 1 aliphatic heterocycles. The minimum Gasteiger partial charge on any atom is -0.481 e.